The highest BCUT2D eigenvalue weighted by molar-refractivity contribution is 5.96. The van der Waals surface area contributed by atoms with Crippen molar-refractivity contribution in [3.05, 3.63) is 36.7 Å². The number of amides is 1. The van der Waals surface area contributed by atoms with Crippen molar-refractivity contribution >= 4 is 11.6 Å². The molecular weight excluding hydrogens is 254 g/mol. The molecule has 20 heavy (non-hydrogen) atoms. The molecule has 1 aromatic carbocycles. The molecule has 1 amide bonds. The van der Waals surface area contributed by atoms with Crippen molar-refractivity contribution in [3.63, 3.8) is 0 Å². The number of hydrogen-bond acceptors (Lipinski definition) is 4. The number of nitrogens with one attached hydrogen (secondary N) is 1. The van der Waals surface area contributed by atoms with Gasteiger partial charge in [-0.1, -0.05) is 38.1 Å². The molecule has 0 saturated heterocycles. The zero-order valence-corrected chi connectivity index (χ0v) is 11.9. The molecule has 1 aromatic heterocycles. The Morgan fingerprint density at radius 1 is 1.35 bits per heavy atom. The van der Waals surface area contributed by atoms with Gasteiger partial charge in [-0.25, -0.2) is 4.68 Å². The lowest BCUT2D eigenvalue weighted by Crippen LogP contribution is -2.45. The van der Waals surface area contributed by atoms with Crippen molar-refractivity contribution in [2.24, 2.45) is 11.1 Å². The van der Waals surface area contributed by atoms with Crippen molar-refractivity contribution in [2.75, 3.05) is 5.32 Å². The van der Waals surface area contributed by atoms with Crippen LogP contribution in [0.25, 0.3) is 5.69 Å². The van der Waals surface area contributed by atoms with E-state index in [9.17, 15) is 4.79 Å². The number of benzene rings is 1. The molecule has 0 aliphatic carbocycles. The molecule has 0 aliphatic heterocycles. The molecule has 3 N–H and O–H groups in total. The molecular formula is C14H19N5O. The molecule has 0 radical (unpaired) electrons. The number of hydrogen-bond donors (Lipinski definition) is 2. The Balaban J connectivity index is 2.25. The zero-order valence-electron chi connectivity index (χ0n) is 11.9. The van der Waals surface area contributed by atoms with Crippen LogP contribution in [-0.4, -0.2) is 26.9 Å². The number of nitrogens with zero attached hydrogens (tertiary/aromatic N) is 3. The Bertz CT molecular complexity index is 586. The van der Waals surface area contributed by atoms with Gasteiger partial charge in [-0.05, 0) is 17.5 Å². The summed E-state index contributed by atoms with van der Waals surface area (Å²) in [6.45, 7) is 5.79. The average Bonchev–Trinajstić information content (AvgIpc) is 2.91. The number of anilines is 1. The molecule has 6 nitrogen and oxygen atoms in total. The van der Waals surface area contributed by atoms with E-state index in [1.54, 1.807) is 17.1 Å². The number of carbonyl (C=O) groups excluding carboxylic acids is 1. The monoisotopic (exact) mass is 273 g/mol. The van der Waals surface area contributed by atoms with E-state index in [0.29, 0.717) is 5.69 Å². The van der Waals surface area contributed by atoms with E-state index in [1.165, 1.54) is 0 Å². The molecule has 1 atom stereocenters. The SMILES string of the molecule is CC(C)(C)C(N)C(=O)Nc1ccccc1-n1ccnn1. The summed E-state index contributed by atoms with van der Waals surface area (Å²) in [7, 11) is 0. The Morgan fingerprint density at radius 3 is 2.65 bits per heavy atom. The Morgan fingerprint density at radius 2 is 2.05 bits per heavy atom. The molecule has 1 heterocycles. The summed E-state index contributed by atoms with van der Waals surface area (Å²) in [6, 6.07) is 6.79. The lowest BCUT2D eigenvalue weighted by molar-refractivity contribution is -0.119. The minimum atomic E-state index is -0.591. The van der Waals surface area contributed by atoms with Crippen LogP contribution in [0.2, 0.25) is 0 Å². The fourth-order valence-corrected chi connectivity index (χ4v) is 1.72. The highest BCUT2D eigenvalue weighted by Crippen LogP contribution is 2.22. The fraction of sp³-hybridized carbons (Fsp3) is 0.357. The van der Waals surface area contributed by atoms with E-state index in [2.05, 4.69) is 15.6 Å². The number of aromatic nitrogens is 3. The molecule has 0 fully saturated rings. The third kappa shape index (κ3) is 3.03. The van der Waals surface area contributed by atoms with Crippen molar-refractivity contribution in [2.45, 2.75) is 26.8 Å². The number of nitrogens with two attached hydrogens (primary N) is 1. The number of para-hydroxylation sites is 2. The standard InChI is InChI=1S/C14H19N5O/c1-14(2,3)12(15)13(20)17-10-6-4-5-7-11(10)19-9-8-16-18-19/h4-9,12H,15H2,1-3H3,(H,17,20). The summed E-state index contributed by atoms with van der Waals surface area (Å²) in [4.78, 5) is 12.2. The van der Waals surface area contributed by atoms with Gasteiger partial charge >= 0.3 is 0 Å². The van der Waals surface area contributed by atoms with E-state index in [4.69, 9.17) is 5.73 Å². The Labute approximate surface area is 118 Å². The molecule has 2 aromatic rings. The van der Waals surface area contributed by atoms with Crippen LogP contribution in [0, 0.1) is 5.41 Å². The van der Waals surface area contributed by atoms with Crippen LogP contribution in [0.3, 0.4) is 0 Å². The number of carbonyl (C=O) groups is 1. The van der Waals surface area contributed by atoms with Crippen molar-refractivity contribution < 1.29 is 4.79 Å². The average molecular weight is 273 g/mol. The lowest BCUT2D eigenvalue weighted by Gasteiger charge is -2.26. The maximum Gasteiger partial charge on any atom is 0.241 e. The van der Waals surface area contributed by atoms with E-state index in [1.807, 2.05) is 45.0 Å². The van der Waals surface area contributed by atoms with Crippen molar-refractivity contribution in [1.29, 1.82) is 0 Å². The third-order valence-corrected chi connectivity index (χ3v) is 3.05. The quantitative estimate of drug-likeness (QED) is 0.889. The van der Waals surface area contributed by atoms with Crippen LogP contribution in [0.5, 0.6) is 0 Å². The van der Waals surface area contributed by atoms with E-state index in [-0.39, 0.29) is 11.3 Å². The first-order valence-electron chi connectivity index (χ1n) is 6.42. The largest absolute Gasteiger partial charge is 0.323 e. The van der Waals surface area contributed by atoms with E-state index >= 15 is 0 Å². The predicted molar refractivity (Wildman–Crippen MR) is 77.4 cm³/mol. The Kier molecular flexibility index (Phi) is 3.85. The van der Waals surface area contributed by atoms with Gasteiger partial charge in [-0.3, -0.25) is 4.79 Å². The van der Waals surface area contributed by atoms with Gasteiger partial charge in [0, 0.05) is 0 Å². The molecule has 0 spiro atoms. The second-order valence-corrected chi connectivity index (χ2v) is 5.70. The van der Waals surface area contributed by atoms with Crippen LogP contribution < -0.4 is 11.1 Å². The van der Waals surface area contributed by atoms with Gasteiger partial charge in [0.15, 0.2) is 0 Å². The second kappa shape index (κ2) is 5.42. The first kappa shape index (κ1) is 14.2. The molecule has 0 aliphatic rings. The van der Waals surface area contributed by atoms with Crippen LogP contribution in [0.1, 0.15) is 20.8 Å². The van der Waals surface area contributed by atoms with Crippen LogP contribution in [0.15, 0.2) is 36.7 Å². The molecule has 6 heteroatoms. The van der Waals surface area contributed by atoms with E-state index < -0.39 is 6.04 Å². The zero-order chi connectivity index (χ0) is 14.8. The summed E-state index contributed by atoms with van der Waals surface area (Å²) in [6.07, 6.45) is 3.30. The smallest absolute Gasteiger partial charge is 0.241 e. The Hall–Kier alpha value is -2.21. The molecule has 0 bridgehead atoms. The van der Waals surface area contributed by atoms with E-state index in [0.717, 1.165) is 5.69 Å². The van der Waals surface area contributed by atoms with Crippen LogP contribution in [0.4, 0.5) is 5.69 Å². The summed E-state index contributed by atoms with van der Waals surface area (Å²) in [5.41, 5.74) is 7.07. The molecule has 106 valence electrons. The normalized spacial score (nSPS) is 13.0. The maximum atomic E-state index is 12.2. The second-order valence-electron chi connectivity index (χ2n) is 5.70. The first-order valence-corrected chi connectivity index (χ1v) is 6.42. The maximum absolute atomic E-state index is 12.2. The van der Waals surface area contributed by atoms with Crippen molar-refractivity contribution in [1.82, 2.24) is 15.0 Å². The summed E-state index contributed by atoms with van der Waals surface area (Å²) in [5.74, 6) is -0.218. The topological polar surface area (TPSA) is 85.8 Å². The summed E-state index contributed by atoms with van der Waals surface area (Å²) >= 11 is 0. The van der Waals surface area contributed by atoms with Gasteiger partial charge in [-0.15, -0.1) is 5.10 Å². The highest BCUT2D eigenvalue weighted by Gasteiger charge is 2.27. The van der Waals surface area contributed by atoms with Gasteiger partial charge in [0.25, 0.3) is 0 Å². The molecule has 2 rings (SSSR count). The predicted octanol–water partition coefficient (Wildman–Crippen LogP) is 1.58. The van der Waals surface area contributed by atoms with Gasteiger partial charge in [0.1, 0.15) is 0 Å². The number of rotatable bonds is 3. The van der Waals surface area contributed by atoms with Gasteiger partial charge in [0.2, 0.25) is 5.91 Å². The third-order valence-electron chi connectivity index (χ3n) is 3.05. The van der Waals surface area contributed by atoms with Gasteiger partial charge in [0.05, 0.1) is 29.8 Å². The van der Waals surface area contributed by atoms with Gasteiger partial charge < -0.3 is 11.1 Å². The minimum absolute atomic E-state index is 0.218. The summed E-state index contributed by atoms with van der Waals surface area (Å²) in [5, 5.41) is 10.6. The van der Waals surface area contributed by atoms with Crippen LogP contribution in [-0.2, 0) is 4.79 Å². The summed E-state index contributed by atoms with van der Waals surface area (Å²) < 4.78 is 1.60. The fourth-order valence-electron chi connectivity index (χ4n) is 1.72. The molecule has 1 unspecified atom stereocenters. The van der Waals surface area contributed by atoms with Gasteiger partial charge in [-0.2, -0.15) is 0 Å². The lowest BCUT2D eigenvalue weighted by atomic mass is 9.87. The van der Waals surface area contributed by atoms with Crippen LogP contribution >= 0.6 is 0 Å². The highest BCUT2D eigenvalue weighted by atomic mass is 16.2. The molecule has 0 saturated carbocycles. The first-order chi connectivity index (χ1) is 9.39. The van der Waals surface area contributed by atoms with Crippen molar-refractivity contribution in [3.8, 4) is 5.69 Å². The minimum Gasteiger partial charge on any atom is -0.323 e.